The molecular weight excluding hydrogens is 404 g/mol. The molecule has 0 atom stereocenters. The fraction of sp³-hybridized carbons (Fsp3) is 0.333. The number of phenols is 1. The molecule has 0 unspecified atom stereocenters. The SMILES string of the molecule is Cc1cc(C)c(N=Cc2cc(C(C)(C)C)cc(C=Nc3c(C)cc(C)cc3C)c2O)c(C)c1. The normalized spacial score (nSPS) is 12.3. The van der Waals surface area contributed by atoms with Gasteiger partial charge >= 0.3 is 0 Å². The molecule has 3 rings (SSSR count). The van der Waals surface area contributed by atoms with E-state index in [4.69, 9.17) is 9.98 Å². The molecule has 0 aliphatic carbocycles. The van der Waals surface area contributed by atoms with Gasteiger partial charge in [0.15, 0.2) is 0 Å². The zero-order chi connectivity index (χ0) is 24.5. The molecule has 3 aromatic carbocycles. The van der Waals surface area contributed by atoms with Crippen LogP contribution in [0, 0.1) is 41.5 Å². The molecule has 33 heavy (non-hydrogen) atoms. The number of rotatable bonds is 4. The fourth-order valence-electron chi connectivity index (χ4n) is 4.33. The van der Waals surface area contributed by atoms with Crippen LogP contribution in [0.4, 0.5) is 11.4 Å². The van der Waals surface area contributed by atoms with Crippen molar-refractivity contribution in [2.24, 2.45) is 9.98 Å². The summed E-state index contributed by atoms with van der Waals surface area (Å²) < 4.78 is 0. The zero-order valence-corrected chi connectivity index (χ0v) is 21.5. The van der Waals surface area contributed by atoms with Crippen LogP contribution >= 0.6 is 0 Å². The fourth-order valence-corrected chi connectivity index (χ4v) is 4.33. The van der Waals surface area contributed by atoms with E-state index in [1.165, 1.54) is 11.1 Å². The highest BCUT2D eigenvalue weighted by molar-refractivity contribution is 5.94. The van der Waals surface area contributed by atoms with E-state index < -0.39 is 0 Å². The van der Waals surface area contributed by atoms with Gasteiger partial charge in [0, 0.05) is 23.6 Å². The van der Waals surface area contributed by atoms with Crippen molar-refractivity contribution in [1.29, 1.82) is 0 Å². The number of nitrogens with zero attached hydrogens (tertiary/aromatic N) is 2. The minimum atomic E-state index is -0.0791. The molecule has 0 saturated carbocycles. The molecule has 172 valence electrons. The summed E-state index contributed by atoms with van der Waals surface area (Å²) in [6.07, 6.45) is 3.55. The molecule has 0 spiro atoms. The molecule has 0 fully saturated rings. The Hall–Kier alpha value is -3.20. The van der Waals surface area contributed by atoms with E-state index in [0.717, 1.165) is 39.2 Å². The number of benzene rings is 3. The monoisotopic (exact) mass is 440 g/mol. The second kappa shape index (κ2) is 9.35. The molecule has 3 aromatic rings. The second-order valence-electron chi connectivity index (χ2n) is 10.3. The van der Waals surface area contributed by atoms with E-state index in [-0.39, 0.29) is 11.2 Å². The molecule has 0 aromatic heterocycles. The Kier molecular flexibility index (Phi) is 6.92. The first-order valence-corrected chi connectivity index (χ1v) is 11.5. The molecule has 0 bridgehead atoms. The largest absolute Gasteiger partial charge is 0.507 e. The average molecular weight is 441 g/mol. The Morgan fingerprint density at radius 2 is 0.939 bits per heavy atom. The van der Waals surface area contributed by atoms with Gasteiger partial charge in [-0.2, -0.15) is 0 Å². The maximum Gasteiger partial charge on any atom is 0.133 e. The van der Waals surface area contributed by atoms with Gasteiger partial charge in [0.2, 0.25) is 0 Å². The first-order chi connectivity index (χ1) is 15.4. The predicted octanol–water partition coefficient (Wildman–Crippen LogP) is 8.04. The Bertz CT molecular complexity index is 1120. The second-order valence-corrected chi connectivity index (χ2v) is 10.3. The first-order valence-electron chi connectivity index (χ1n) is 11.5. The third kappa shape index (κ3) is 5.60. The third-order valence-electron chi connectivity index (χ3n) is 5.97. The quantitative estimate of drug-likeness (QED) is 0.410. The zero-order valence-electron chi connectivity index (χ0n) is 21.5. The molecule has 0 aliphatic rings. The lowest BCUT2D eigenvalue weighted by atomic mass is 9.85. The molecule has 1 N–H and O–H groups in total. The maximum atomic E-state index is 11.1. The van der Waals surface area contributed by atoms with Crippen molar-refractivity contribution >= 4 is 23.8 Å². The van der Waals surface area contributed by atoms with Gasteiger partial charge in [0.05, 0.1) is 11.4 Å². The van der Waals surface area contributed by atoms with Crippen molar-refractivity contribution in [3.8, 4) is 5.75 Å². The van der Waals surface area contributed by atoms with Crippen molar-refractivity contribution in [3.05, 3.63) is 86.5 Å². The summed E-state index contributed by atoms with van der Waals surface area (Å²) in [4.78, 5) is 9.54. The lowest BCUT2D eigenvalue weighted by Gasteiger charge is -2.21. The Balaban J connectivity index is 2.11. The van der Waals surface area contributed by atoms with E-state index in [9.17, 15) is 5.11 Å². The van der Waals surface area contributed by atoms with Gasteiger partial charge in [-0.25, -0.2) is 0 Å². The van der Waals surface area contributed by atoms with E-state index in [1.54, 1.807) is 12.4 Å². The maximum absolute atomic E-state index is 11.1. The van der Waals surface area contributed by atoms with Gasteiger partial charge in [-0.15, -0.1) is 0 Å². The summed E-state index contributed by atoms with van der Waals surface area (Å²) in [5, 5.41) is 11.1. The summed E-state index contributed by atoms with van der Waals surface area (Å²) in [7, 11) is 0. The average Bonchev–Trinajstić information content (AvgIpc) is 2.67. The van der Waals surface area contributed by atoms with Crippen LogP contribution in [0.25, 0.3) is 0 Å². The van der Waals surface area contributed by atoms with Crippen LogP contribution < -0.4 is 0 Å². The van der Waals surface area contributed by atoms with Crippen molar-refractivity contribution in [1.82, 2.24) is 0 Å². The lowest BCUT2D eigenvalue weighted by molar-refractivity contribution is 0.472. The summed E-state index contributed by atoms with van der Waals surface area (Å²) >= 11 is 0. The van der Waals surface area contributed by atoms with Crippen molar-refractivity contribution in [3.63, 3.8) is 0 Å². The topological polar surface area (TPSA) is 45.0 Å². The molecule has 0 aliphatic heterocycles. The number of aryl methyl sites for hydroxylation is 6. The van der Waals surface area contributed by atoms with Crippen LogP contribution in [0.3, 0.4) is 0 Å². The van der Waals surface area contributed by atoms with Crippen LogP contribution in [0.5, 0.6) is 5.75 Å². The highest BCUT2D eigenvalue weighted by Crippen LogP contribution is 2.32. The summed E-state index contributed by atoms with van der Waals surface area (Å²) in [5.74, 6) is 0.195. The molecule has 0 radical (unpaired) electrons. The van der Waals surface area contributed by atoms with Gasteiger partial charge < -0.3 is 5.11 Å². The number of aliphatic imine (C=N–C) groups is 2. The van der Waals surface area contributed by atoms with Gasteiger partial charge in [0.25, 0.3) is 0 Å². The minimum absolute atomic E-state index is 0.0791. The predicted molar refractivity (Wildman–Crippen MR) is 143 cm³/mol. The molecular formula is C30H36N2O. The van der Waals surface area contributed by atoms with Crippen LogP contribution in [0.1, 0.15) is 70.8 Å². The first kappa shape index (κ1) is 24.4. The van der Waals surface area contributed by atoms with Crippen molar-refractivity contribution in [2.45, 2.75) is 67.7 Å². The van der Waals surface area contributed by atoms with E-state index in [0.29, 0.717) is 11.1 Å². The lowest BCUT2D eigenvalue weighted by Crippen LogP contribution is -2.12. The van der Waals surface area contributed by atoms with Crippen LogP contribution in [-0.2, 0) is 5.41 Å². The van der Waals surface area contributed by atoms with Crippen molar-refractivity contribution in [2.75, 3.05) is 0 Å². The smallest absolute Gasteiger partial charge is 0.133 e. The number of phenolic OH excluding ortho intramolecular Hbond substituents is 1. The molecule has 3 heteroatoms. The summed E-state index contributed by atoms with van der Waals surface area (Å²) in [6.45, 7) is 19.0. The standard InChI is InChI=1S/C30H36N2O/c1-18-10-20(3)27(21(4)11-18)31-16-24-14-26(30(7,8)9)15-25(29(24)33)17-32-28-22(5)12-19(2)13-23(28)6/h10-17,33H,1-9H3. The number of hydrogen-bond acceptors (Lipinski definition) is 3. The Morgan fingerprint density at radius 3 is 1.24 bits per heavy atom. The molecule has 0 amide bonds. The summed E-state index contributed by atoms with van der Waals surface area (Å²) in [6, 6.07) is 12.6. The molecule has 0 saturated heterocycles. The van der Waals surface area contributed by atoms with E-state index in [2.05, 4.69) is 86.6 Å². The van der Waals surface area contributed by atoms with E-state index >= 15 is 0 Å². The van der Waals surface area contributed by atoms with Gasteiger partial charge in [0.1, 0.15) is 5.75 Å². The van der Waals surface area contributed by atoms with Crippen molar-refractivity contribution < 1.29 is 5.11 Å². The highest BCUT2D eigenvalue weighted by Gasteiger charge is 2.18. The van der Waals surface area contributed by atoms with Crippen LogP contribution in [0.2, 0.25) is 0 Å². The van der Waals surface area contributed by atoms with E-state index in [1.807, 2.05) is 12.1 Å². The Morgan fingerprint density at radius 1 is 0.606 bits per heavy atom. The van der Waals surface area contributed by atoms with Gasteiger partial charge in [-0.05, 0) is 86.9 Å². The Labute approximate surface area is 199 Å². The number of aromatic hydroxyl groups is 1. The summed E-state index contributed by atoms with van der Waals surface area (Å²) in [5.41, 5.74) is 11.3. The number of hydrogen-bond donors (Lipinski definition) is 1. The van der Waals surface area contributed by atoms with Crippen LogP contribution in [0.15, 0.2) is 46.4 Å². The van der Waals surface area contributed by atoms with Gasteiger partial charge in [-0.3, -0.25) is 9.98 Å². The van der Waals surface area contributed by atoms with Crippen LogP contribution in [-0.4, -0.2) is 17.5 Å². The minimum Gasteiger partial charge on any atom is -0.507 e. The highest BCUT2D eigenvalue weighted by atomic mass is 16.3. The third-order valence-corrected chi connectivity index (χ3v) is 5.97. The molecule has 0 heterocycles. The molecule has 3 nitrogen and oxygen atoms in total. The van der Waals surface area contributed by atoms with Gasteiger partial charge in [-0.1, -0.05) is 56.2 Å².